The van der Waals surface area contributed by atoms with Crippen molar-refractivity contribution in [1.82, 2.24) is 15.3 Å². The number of aromatic nitrogens is 2. The lowest BCUT2D eigenvalue weighted by Gasteiger charge is -2.04. The Kier molecular flexibility index (Phi) is 3.67. The summed E-state index contributed by atoms with van der Waals surface area (Å²) in [7, 11) is 0. The summed E-state index contributed by atoms with van der Waals surface area (Å²) in [5, 5.41) is 3.44. The van der Waals surface area contributed by atoms with Crippen LogP contribution in [0.5, 0.6) is 0 Å². The number of nitrogens with one attached hydrogen (secondary N) is 1. The lowest BCUT2D eigenvalue weighted by atomic mass is 10.2. The number of nitrogens with zero attached hydrogens (tertiary/aromatic N) is 2. The Morgan fingerprint density at radius 1 is 1.24 bits per heavy atom. The van der Waals surface area contributed by atoms with Crippen LogP contribution in [0.15, 0.2) is 42.9 Å². The van der Waals surface area contributed by atoms with Crippen LogP contribution in [-0.2, 0) is 6.54 Å². The van der Waals surface area contributed by atoms with E-state index in [0.717, 1.165) is 5.56 Å². The van der Waals surface area contributed by atoms with E-state index in [1.165, 1.54) is 12.5 Å². The molecule has 1 N–H and O–H groups in total. The number of halogens is 1. The molecule has 0 fully saturated rings. The second kappa shape index (κ2) is 5.41. The number of rotatable bonds is 3. The molecule has 0 spiro atoms. The molecule has 0 aliphatic heterocycles. The average Bonchev–Trinajstić information content (AvgIpc) is 2.39. The SMILES string of the molecule is O=C(NCc1ccc(Cl)cc1)c1ccncn1. The fourth-order valence-corrected chi connectivity index (χ4v) is 1.43. The predicted octanol–water partition coefficient (Wildman–Crippen LogP) is 2.06. The molecular weight excluding hydrogens is 238 g/mol. The molecule has 0 radical (unpaired) electrons. The minimum absolute atomic E-state index is 0.220. The quantitative estimate of drug-likeness (QED) is 0.903. The van der Waals surface area contributed by atoms with Crippen molar-refractivity contribution in [2.75, 3.05) is 0 Å². The smallest absolute Gasteiger partial charge is 0.270 e. The molecular formula is C12H10ClN3O. The lowest BCUT2D eigenvalue weighted by Crippen LogP contribution is -2.23. The van der Waals surface area contributed by atoms with Crippen molar-refractivity contribution in [3.05, 3.63) is 59.1 Å². The van der Waals surface area contributed by atoms with Crippen molar-refractivity contribution in [1.29, 1.82) is 0 Å². The van der Waals surface area contributed by atoms with Crippen LogP contribution in [0.3, 0.4) is 0 Å². The van der Waals surface area contributed by atoms with Gasteiger partial charge in [-0.1, -0.05) is 23.7 Å². The summed E-state index contributed by atoms with van der Waals surface area (Å²) in [4.78, 5) is 19.3. The first-order valence-electron chi connectivity index (χ1n) is 5.04. The van der Waals surface area contributed by atoms with Crippen LogP contribution in [0, 0.1) is 0 Å². The van der Waals surface area contributed by atoms with Crippen LogP contribution < -0.4 is 5.32 Å². The molecule has 0 aliphatic carbocycles. The lowest BCUT2D eigenvalue weighted by molar-refractivity contribution is 0.0945. The molecule has 2 aromatic rings. The molecule has 2 rings (SSSR count). The highest BCUT2D eigenvalue weighted by Crippen LogP contribution is 2.09. The van der Waals surface area contributed by atoms with E-state index in [4.69, 9.17) is 11.6 Å². The normalized spacial score (nSPS) is 9.94. The number of hydrogen-bond acceptors (Lipinski definition) is 3. The Hall–Kier alpha value is -1.94. The molecule has 0 saturated heterocycles. The second-order valence-electron chi connectivity index (χ2n) is 3.40. The van der Waals surface area contributed by atoms with Gasteiger partial charge in [0.2, 0.25) is 0 Å². The minimum atomic E-state index is -0.220. The van der Waals surface area contributed by atoms with Crippen LogP contribution >= 0.6 is 11.6 Å². The van der Waals surface area contributed by atoms with E-state index in [1.54, 1.807) is 18.2 Å². The Balaban J connectivity index is 1.95. The highest BCUT2D eigenvalue weighted by molar-refractivity contribution is 6.30. The first kappa shape index (κ1) is 11.5. The van der Waals surface area contributed by atoms with Gasteiger partial charge < -0.3 is 5.32 Å². The van der Waals surface area contributed by atoms with Crippen molar-refractivity contribution >= 4 is 17.5 Å². The van der Waals surface area contributed by atoms with Crippen molar-refractivity contribution in [2.45, 2.75) is 6.54 Å². The van der Waals surface area contributed by atoms with E-state index in [0.29, 0.717) is 17.3 Å². The number of hydrogen-bond donors (Lipinski definition) is 1. The molecule has 1 heterocycles. The predicted molar refractivity (Wildman–Crippen MR) is 64.7 cm³/mol. The standard InChI is InChI=1S/C12H10ClN3O/c13-10-3-1-9(2-4-10)7-15-12(17)11-5-6-14-8-16-11/h1-6,8H,7H2,(H,15,17). The van der Waals surface area contributed by atoms with Crippen LogP contribution in [-0.4, -0.2) is 15.9 Å². The van der Waals surface area contributed by atoms with Gasteiger partial charge in [0, 0.05) is 17.8 Å². The topological polar surface area (TPSA) is 54.9 Å². The maximum absolute atomic E-state index is 11.7. The zero-order chi connectivity index (χ0) is 12.1. The zero-order valence-electron chi connectivity index (χ0n) is 8.93. The monoisotopic (exact) mass is 247 g/mol. The molecule has 1 aromatic heterocycles. The third-order valence-electron chi connectivity index (χ3n) is 2.18. The van der Waals surface area contributed by atoms with Crippen molar-refractivity contribution < 1.29 is 4.79 Å². The number of carbonyl (C=O) groups is 1. The van der Waals surface area contributed by atoms with Gasteiger partial charge in [-0.25, -0.2) is 9.97 Å². The van der Waals surface area contributed by atoms with Gasteiger partial charge in [-0.3, -0.25) is 4.79 Å². The molecule has 1 amide bonds. The molecule has 5 heteroatoms. The van der Waals surface area contributed by atoms with Gasteiger partial charge in [0.05, 0.1) is 0 Å². The Morgan fingerprint density at radius 2 is 2.00 bits per heavy atom. The fraction of sp³-hybridized carbons (Fsp3) is 0.0833. The molecule has 0 bridgehead atoms. The molecule has 0 atom stereocenters. The fourth-order valence-electron chi connectivity index (χ4n) is 1.30. The van der Waals surface area contributed by atoms with Crippen LogP contribution in [0.1, 0.15) is 16.1 Å². The summed E-state index contributed by atoms with van der Waals surface area (Å²) in [6.45, 7) is 0.444. The van der Waals surface area contributed by atoms with Gasteiger partial charge in [-0.15, -0.1) is 0 Å². The first-order chi connectivity index (χ1) is 8.25. The van der Waals surface area contributed by atoms with Gasteiger partial charge in [0.1, 0.15) is 12.0 Å². The largest absolute Gasteiger partial charge is 0.347 e. The summed E-state index contributed by atoms with van der Waals surface area (Å²) >= 11 is 5.77. The van der Waals surface area contributed by atoms with Crippen LogP contribution in [0.2, 0.25) is 5.02 Å². The van der Waals surface area contributed by atoms with E-state index >= 15 is 0 Å². The maximum Gasteiger partial charge on any atom is 0.270 e. The van der Waals surface area contributed by atoms with E-state index in [-0.39, 0.29) is 5.91 Å². The van der Waals surface area contributed by atoms with E-state index in [2.05, 4.69) is 15.3 Å². The Bertz CT molecular complexity index is 499. The van der Waals surface area contributed by atoms with Gasteiger partial charge in [-0.05, 0) is 23.8 Å². The van der Waals surface area contributed by atoms with Gasteiger partial charge >= 0.3 is 0 Å². The highest BCUT2D eigenvalue weighted by atomic mass is 35.5. The summed E-state index contributed by atoms with van der Waals surface area (Å²) in [5.41, 5.74) is 1.34. The van der Waals surface area contributed by atoms with Gasteiger partial charge in [0.25, 0.3) is 5.91 Å². The first-order valence-corrected chi connectivity index (χ1v) is 5.42. The number of amides is 1. The summed E-state index contributed by atoms with van der Waals surface area (Å²) < 4.78 is 0. The molecule has 0 unspecified atom stereocenters. The minimum Gasteiger partial charge on any atom is -0.347 e. The van der Waals surface area contributed by atoms with Crippen LogP contribution in [0.25, 0.3) is 0 Å². The third kappa shape index (κ3) is 3.26. The maximum atomic E-state index is 11.7. The second-order valence-corrected chi connectivity index (χ2v) is 3.84. The summed E-state index contributed by atoms with van der Waals surface area (Å²) in [6.07, 6.45) is 2.88. The van der Waals surface area contributed by atoms with E-state index in [1.807, 2.05) is 12.1 Å². The van der Waals surface area contributed by atoms with Crippen molar-refractivity contribution in [3.63, 3.8) is 0 Å². The van der Waals surface area contributed by atoms with E-state index in [9.17, 15) is 4.79 Å². The van der Waals surface area contributed by atoms with Gasteiger partial charge in [0.15, 0.2) is 0 Å². The van der Waals surface area contributed by atoms with Crippen molar-refractivity contribution in [3.8, 4) is 0 Å². The van der Waals surface area contributed by atoms with Crippen LogP contribution in [0.4, 0.5) is 0 Å². The molecule has 86 valence electrons. The molecule has 4 nitrogen and oxygen atoms in total. The average molecular weight is 248 g/mol. The number of carbonyl (C=O) groups excluding carboxylic acids is 1. The summed E-state index contributed by atoms with van der Waals surface area (Å²) in [6, 6.07) is 8.86. The van der Waals surface area contributed by atoms with E-state index < -0.39 is 0 Å². The number of benzene rings is 1. The summed E-state index contributed by atoms with van der Waals surface area (Å²) in [5.74, 6) is -0.220. The third-order valence-corrected chi connectivity index (χ3v) is 2.43. The molecule has 1 aromatic carbocycles. The Morgan fingerprint density at radius 3 is 2.65 bits per heavy atom. The van der Waals surface area contributed by atoms with Gasteiger partial charge in [-0.2, -0.15) is 0 Å². The molecule has 0 aliphatic rings. The zero-order valence-corrected chi connectivity index (χ0v) is 9.69. The molecule has 0 saturated carbocycles. The molecule has 17 heavy (non-hydrogen) atoms. The van der Waals surface area contributed by atoms with Crippen molar-refractivity contribution in [2.24, 2.45) is 0 Å². The highest BCUT2D eigenvalue weighted by Gasteiger charge is 2.05. The Labute approximate surface area is 104 Å².